The fourth-order valence-electron chi connectivity index (χ4n) is 6.07. The van der Waals surface area contributed by atoms with Gasteiger partial charge in [-0.05, 0) is 79.4 Å². The van der Waals surface area contributed by atoms with Gasteiger partial charge >= 0.3 is 0 Å². The summed E-state index contributed by atoms with van der Waals surface area (Å²) in [6.45, 7) is 7.43. The molecule has 0 amide bonds. The van der Waals surface area contributed by atoms with Crippen LogP contribution < -0.4 is 19.5 Å². The Balaban J connectivity index is 0.00000208. The second-order valence-electron chi connectivity index (χ2n) is 11.7. The molecule has 1 N–H and O–H groups in total. The quantitative estimate of drug-likeness (QED) is 0.157. The number of rotatable bonds is 12. The van der Waals surface area contributed by atoms with E-state index in [0.29, 0.717) is 18.9 Å². The highest BCUT2D eigenvalue weighted by Gasteiger charge is 2.22. The van der Waals surface area contributed by atoms with Gasteiger partial charge in [0.25, 0.3) is 0 Å². The van der Waals surface area contributed by atoms with E-state index in [2.05, 4.69) is 25.3 Å². The van der Waals surface area contributed by atoms with Crippen molar-refractivity contribution in [3.63, 3.8) is 0 Å². The maximum Gasteiger partial charge on any atom is 0.165 e. The SMILES string of the molecule is COc1ccc(-c2nnc(NC3CCN(Cc4ccc(OCCCN5CCOCC5)c(F)c4)CC3)c3cc(OC)ccc23)cc1.Cl.Cl.Cl. The topological polar surface area (TPSA) is 81.2 Å². The van der Waals surface area contributed by atoms with Crippen molar-refractivity contribution >= 4 is 53.8 Å². The summed E-state index contributed by atoms with van der Waals surface area (Å²) in [7, 11) is 3.33. The Morgan fingerprint density at radius 3 is 2.21 bits per heavy atom. The molecular formula is C35H45Cl3FN5O4. The third kappa shape index (κ3) is 9.96. The summed E-state index contributed by atoms with van der Waals surface area (Å²) in [4.78, 5) is 4.73. The van der Waals surface area contributed by atoms with E-state index in [1.165, 1.54) is 0 Å². The van der Waals surface area contributed by atoms with Crippen molar-refractivity contribution in [2.45, 2.75) is 31.8 Å². The number of morpholine rings is 1. The van der Waals surface area contributed by atoms with Gasteiger partial charge in [-0.2, -0.15) is 0 Å². The first-order chi connectivity index (χ1) is 22.1. The fourth-order valence-corrected chi connectivity index (χ4v) is 6.07. The summed E-state index contributed by atoms with van der Waals surface area (Å²) in [6, 6.07) is 19.5. The summed E-state index contributed by atoms with van der Waals surface area (Å²) in [6.07, 6.45) is 2.76. The van der Waals surface area contributed by atoms with Gasteiger partial charge in [-0.3, -0.25) is 9.80 Å². The van der Waals surface area contributed by atoms with Crippen LogP contribution in [0.3, 0.4) is 0 Å². The maximum atomic E-state index is 14.8. The largest absolute Gasteiger partial charge is 0.497 e. The first-order valence-electron chi connectivity index (χ1n) is 15.8. The van der Waals surface area contributed by atoms with Crippen LogP contribution in [0.2, 0.25) is 0 Å². The zero-order valence-electron chi connectivity index (χ0n) is 27.4. The average Bonchev–Trinajstić information content (AvgIpc) is 3.09. The van der Waals surface area contributed by atoms with Crippen LogP contribution >= 0.6 is 37.2 Å². The third-order valence-corrected chi connectivity index (χ3v) is 8.66. The number of methoxy groups -OCH3 is 2. The second-order valence-corrected chi connectivity index (χ2v) is 11.7. The lowest BCUT2D eigenvalue weighted by Gasteiger charge is -2.32. The van der Waals surface area contributed by atoms with Gasteiger partial charge in [0.2, 0.25) is 0 Å². The van der Waals surface area contributed by atoms with Crippen molar-refractivity contribution in [2.24, 2.45) is 0 Å². The summed E-state index contributed by atoms with van der Waals surface area (Å²) >= 11 is 0. The van der Waals surface area contributed by atoms with Crippen molar-refractivity contribution in [2.75, 3.05) is 72.1 Å². The van der Waals surface area contributed by atoms with Crippen molar-refractivity contribution in [3.8, 4) is 28.5 Å². The molecule has 0 spiro atoms. The minimum Gasteiger partial charge on any atom is -0.497 e. The van der Waals surface area contributed by atoms with Gasteiger partial charge in [0.05, 0.1) is 34.0 Å². The Morgan fingerprint density at radius 1 is 0.812 bits per heavy atom. The van der Waals surface area contributed by atoms with E-state index in [1.807, 2.05) is 48.5 Å². The van der Waals surface area contributed by atoms with E-state index in [-0.39, 0.29) is 49.1 Å². The van der Waals surface area contributed by atoms with Crippen LogP contribution in [0.1, 0.15) is 24.8 Å². The van der Waals surface area contributed by atoms with Crippen molar-refractivity contribution < 1.29 is 23.3 Å². The molecule has 48 heavy (non-hydrogen) atoms. The minimum absolute atomic E-state index is 0. The number of halogens is 4. The van der Waals surface area contributed by atoms with Crippen LogP contribution in [0.4, 0.5) is 10.2 Å². The van der Waals surface area contributed by atoms with Gasteiger partial charge in [-0.25, -0.2) is 4.39 Å². The zero-order chi connectivity index (χ0) is 31.0. The molecule has 0 atom stereocenters. The van der Waals surface area contributed by atoms with Crippen LogP contribution in [-0.4, -0.2) is 92.8 Å². The molecule has 2 fully saturated rings. The van der Waals surface area contributed by atoms with Crippen LogP contribution in [0.5, 0.6) is 17.2 Å². The molecule has 3 heterocycles. The number of hydrogen-bond donors (Lipinski definition) is 1. The molecule has 2 aliphatic heterocycles. The Labute approximate surface area is 300 Å². The minimum atomic E-state index is -0.297. The van der Waals surface area contributed by atoms with Gasteiger partial charge in [-0.1, -0.05) is 6.07 Å². The predicted molar refractivity (Wildman–Crippen MR) is 196 cm³/mol. The first-order valence-corrected chi connectivity index (χ1v) is 15.8. The zero-order valence-corrected chi connectivity index (χ0v) is 29.8. The molecule has 13 heteroatoms. The lowest BCUT2D eigenvalue weighted by atomic mass is 10.0. The van der Waals surface area contributed by atoms with Crippen molar-refractivity contribution in [3.05, 3.63) is 72.0 Å². The molecule has 0 saturated carbocycles. The molecule has 4 aromatic rings. The second kappa shape index (κ2) is 19.2. The number of fused-ring (bicyclic) bond motifs is 1. The lowest BCUT2D eigenvalue weighted by Crippen LogP contribution is -2.38. The molecule has 3 aromatic carbocycles. The monoisotopic (exact) mass is 723 g/mol. The number of benzene rings is 3. The number of likely N-dealkylation sites (tertiary alicyclic amines) is 1. The van der Waals surface area contributed by atoms with Gasteiger partial charge in [-0.15, -0.1) is 47.4 Å². The Hall–Kier alpha value is -3.12. The van der Waals surface area contributed by atoms with Gasteiger partial charge in [0.15, 0.2) is 17.4 Å². The fraction of sp³-hybridized carbons (Fsp3) is 0.429. The van der Waals surface area contributed by atoms with Crippen LogP contribution in [-0.2, 0) is 11.3 Å². The number of piperidine rings is 1. The summed E-state index contributed by atoms with van der Waals surface area (Å²) in [5.41, 5.74) is 2.74. The molecule has 2 saturated heterocycles. The van der Waals surface area contributed by atoms with Gasteiger partial charge < -0.3 is 24.3 Å². The standard InChI is InChI=1S/C35H42FN5O4.3ClH/c1-42-28-7-5-26(6-8-28)34-30-10-9-29(43-2)23-31(30)35(39-38-34)37-27-12-15-41(16-13-27)24-25-4-11-33(32(36)22-25)45-19-3-14-40-17-20-44-21-18-40;;;/h4-11,22-23,27H,3,12-21,24H2,1-2H3,(H,37,39);3*1H. The Kier molecular flexibility index (Phi) is 15.7. The van der Waals surface area contributed by atoms with Crippen molar-refractivity contribution in [1.82, 2.24) is 20.0 Å². The molecule has 0 radical (unpaired) electrons. The van der Waals surface area contributed by atoms with Gasteiger partial charge in [0, 0.05) is 61.6 Å². The smallest absolute Gasteiger partial charge is 0.165 e. The predicted octanol–water partition coefficient (Wildman–Crippen LogP) is 6.90. The average molecular weight is 725 g/mol. The number of nitrogens with one attached hydrogen (secondary N) is 1. The van der Waals surface area contributed by atoms with Crippen LogP contribution in [0.15, 0.2) is 60.7 Å². The Bertz CT molecular complexity index is 1570. The van der Waals surface area contributed by atoms with E-state index in [4.69, 9.17) is 18.9 Å². The van der Waals surface area contributed by atoms with E-state index in [9.17, 15) is 4.39 Å². The molecular weight excluding hydrogens is 680 g/mol. The molecule has 9 nitrogen and oxygen atoms in total. The van der Waals surface area contributed by atoms with E-state index >= 15 is 0 Å². The summed E-state index contributed by atoms with van der Waals surface area (Å²) in [5.74, 6) is 2.35. The number of aromatic nitrogens is 2. The van der Waals surface area contributed by atoms with E-state index in [1.54, 1.807) is 26.4 Å². The molecule has 6 rings (SSSR count). The maximum absolute atomic E-state index is 14.8. The number of anilines is 1. The number of ether oxygens (including phenoxy) is 4. The third-order valence-electron chi connectivity index (χ3n) is 8.66. The molecule has 2 aliphatic rings. The number of hydrogen-bond acceptors (Lipinski definition) is 9. The highest BCUT2D eigenvalue weighted by atomic mass is 35.5. The Morgan fingerprint density at radius 2 is 1.52 bits per heavy atom. The van der Waals surface area contributed by atoms with Gasteiger partial charge in [0.1, 0.15) is 17.2 Å². The normalized spacial score (nSPS) is 15.5. The molecule has 0 unspecified atom stereocenters. The van der Waals surface area contributed by atoms with Crippen LogP contribution in [0, 0.1) is 5.82 Å². The highest BCUT2D eigenvalue weighted by Crippen LogP contribution is 2.34. The highest BCUT2D eigenvalue weighted by molar-refractivity contribution is 6.00. The lowest BCUT2D eigenvalue weighted by molar-refractivity contribution is 0.0357. The van der Waals surface area contributed by atoms with E-state index < -0.39 is 0 Å². The van der Waals surface area contributed by atoms with Crippen LogP contribution in [0.25, 0.3) is 22.0 Å². The first kappa shape index (κ1) is 39.3. The molecule has 0 aliphatic carbocycles. The van der Waals surface area contributed by atoms with E-state index in [0.717, 1.165) is 110 Å². The molecule has 1 aromatic heterocycles. The number of nitrogens with zero attached hydrogens (tertiary/aromatic N) is 4. The molecule has 262 valence electrons. The molecule has 0 bridgehead atoms. The summed E-state index contributed by atoms with van der Waals surface area (Å²) < 4.78 is 36.8. The van der Waals surface area contributed by atoms with Crippen molar-refractivity contribution in [1.29, 1.82) is 0 Å². The summed E-state index contributed by atoms with van der Waals surface area (Å²) in [5, 5.41) is 14.9.